The molecule has 0 bridgehead atoms. The van der Waals surface area contributed by atoms with Crippen molar-refractivity contribution >= 4 is 17.9 Å². The Morgan fingerprint density at radius 1 is 0.244 bits per heavy atom. The molecule has 0 aromatic carbocycles. The molecule has 0 rings (SSSR count). The molecule has 0 heterocycles. The van der Waals surface area contributed by atoms with E-state index < -0.39 is 6.10 Å². The summed E-state index contributed by atoms with van der Waals surface area (Å²) in [6.07, 6.45) is 93.3. The Balaban J connectivity index is 4.19. The van der Waals surface area contributed by atoms with Gasteiger partial charge < -0.3 is 14.2 Å². The zero-order chi connectivity index (χ0) is 59.2. The lowest BCUT2D eigenvalue weighted by Crippen LogP contribution is -2.30. The normalized spacial score (nSPS) is 12.6. The fourth-order valence-corrected chi connectivity index (χ4v) is 10.2. The van der Waals surface area contributed by atoms with Crippen molar-refractivity contribution in [3.63, 3.8) is 0 Å². The van der Waals surface area contributed by atoms with Gasteiger partial charge in [-0.3, -0.25) is 14.4 Å². The van der Waals surface area contributed by atoms with Crippen molar-refractivity contribution in [2.45, 2.75) is 367 Å². The summed E-state index contributed by atoms with van der Waals surface area (Å²) in [6.45, 7) is 6.59. The second kappa shape index (κ2) is 70.1. The number of carbonyl (C=O) groups excluding carboxylic acids is 3. The summed E-state index contributed by atoms with van der Waals surface area (Å²) in [5.74, 6) is -0.878. The highest BCUT2D eigenvalue weighted by Crippen LogP contribution is 2.17. The van der Waals surface area contributed by atoms with E-state index in [-0.39, 0.29) is 31.1 Å². The van der Waals surface area contributed by atoms with Crippen LogP contribution in [0.4, 0.5) is 0 Å². The fraction of sp³-hybridized carbons (Fsp3) is 0.776. The largest absolute Gasteiger partial charge is 0.462 e. The van der Waals surface area contributed by atoms with Gasteiger partial charge in [-0.15, -0.1) is 0 Å². The molecular formula is C76H134O6. The van der Waals surface area contributed by atoms with Crippen LogP contribution in [0, 0.1) is 0 Å². The number of rotatable bonds is 65. The van der Waals surface area contributed by atoms with Gasteiger partial charge in [0.15, 0.2) is 6.10 Å². The Kier molecular flexibility index (Phi) is 67.2. The maximum absolute atomic E-state index is 12.9. The molecule has 0 spiro atoms. The average Bonchev–Trinajstić information content (AvgIpc) is 3.47. The number of carbonyl (C=O) groups is 3. The third-order valence-corrected chi connectivity index (χ3v) is 15.6. The maximum atomic E-state index is 12.9. The van der Waals surface area contributed by atoms with E-state index in [1.165, 1.54) is 225 Å². The SMILES string of the molecule is CCC/C=C\CCCCCCCC(=O)OCC(COC(=O)CCCCCCCCCCCCCC/C=C\C/C=C\C/C=C\CCCCCCC)OC(=O)CCCCCCCCCCCCCC/C=C\C/C=C\C/C=C\CCCCCCC. The van der Waals surface area contributed by atoms with Crippen LogP contribution < -0.4 is 0 Å². The first-order valence-corrected chi connectivity index (χ1v) is 35.6. The molecular weight excluding hydrogens is 1010 g/mol. The van der Waals surface area contributed by atoms with E-state index in [1.54, 1.807) is 0 Å². The van der Waals surface area contributed by atoms with Gasteiger partial charge in [0.25, 0.3) is 0 Å². The molecule has 0 saturated carbocycles. The molecule has 0 amide bonds. The summed E-state index contributed by atoms with van der Waals surface area (Å²) in [4.78, 5) is 38.3. The average molecular weight is 1140 g/mol. The van der Waals surface area contributed by atoms with E-state index >= 15 is 0 Å². The molecule has 0 aliphatic rings. The molecule has 0 fully saturated rings. The molecule has 0 radical (unpaired) electrons. The quantitative estimate of drug-likeness (QED) is 0.0261. The lowest BCUT2D eigenvalue weighted by atomic mass is 10.0. The number of allylic oxidation sites excluding steroid dienone is 14. The highest BCUT2D eigenvalue weighted by atomic mass is 16.6. The molecule has 0 aliphatic carbocycles. The third kappa shape index (κ3) is 67.4. The van der Waals surface area contributed by atoms with E-state index in [2.05, 4.69) is 106 Å². The molecule has 0 saturated heterocycles. The van der Waals surface area contributed by atoms with Crippen LogP contribution in [0.5, 0.6) is 0 Å². The summed E-state index contributed by atoms with van der Waals surface area (Å²) >= 11 is 0. The second-order valence-electron chi connectivity index (χ2n) is 23.8. The Labute approximate surface area is 509 Å². The summed E-state index contributed by atoms with van der Waals surface area (Å²) in [7, 11) is 0. The predicted molar refractivity (Wildman–Crippen MR) is 358 cm³/mol. The Bertz CT molecular complexity index is 1550. The number of hydrogen-bond donors (Lipinski definition) is 0. The smallest absolute Gasteiger partial charge is 0.306 e. The van der Waals surface area contributed by atoms with Crippen molar-refractivity contribution in [1.29, 1.82) is 0 Å². The van der Waals surface area contributed by atoms with Crippen molar-refractivity contribution in [3.8, 4) is 0 Å². The molecule has 474 valence electrons. The van der Waals surface area contributed by atoms with Gasteiger partial charge in [-0.1, -0.05) is 311 Å². The van der Waals surface area contributed by atoms with Gasteiger partial charge in [0.05, 0.1) is 0 Å². The van der Waals surface area contributed by atoms with Crippen molar-refractivity contribution < 1.29 is 28.6 Å². The van der Waals surface area contributed by atoms with Gasteiger partial charge in [0.2, 0.25) is 0 Å². The first-order chi connectivity index (χ1) is 40.5. The van der Waals surface area contributed by atoms with Gasteiger partial charge in [-0.25, -0.2) is 0 Å². The Morgan fingerprint density at radius 3 is 0.744 bits per heavy atom. The van der Waals surface area contributed by atoms with Crippen molar-refractivity contribution in [2.75, 3.05) is 13.2 Å². The van der Waals surface area contributed by atoms with Gasteiger partial charge in [-0.05, 0) is 116 Å². The summed E-state index contributed by atoms with van der Waals surface area (Å²) < 4.78 is 16.9. The van der Waals surface area contributed by atoms with Crippen LogP contribution in [0.2, 0.25) is 0 Å². The van der Waals surface area contributed by atoms with Gasteiger partial charge in [-0.2, -0.15) is 0 Å². The van der Waals surface area contributed by atoms with Crippen LogP contribution in [0.15, 0.2) is 85.1 Å². The van der Waals surface area contributed by atoms with Crippen molar-refractivity contribution in [2.24, 2.45) is 0 Å². The van der Waals surface area contributed by atoms with Crippen LogP contribution in [-0.2, 0) is 28.6 Å². The zero-order valence-electron chi connectivity index (χ0n) is 54.5. The van der Waals surface area contributed by atoms with Crippen LogP contribution >= 0.6 is 0 Å². The van der Waals surface area contributed by atoms with Crippen molar-refractivity contribution in [1.82, 2.24) is 0 Å². The van der Waals surface area contributed by atoms with E-state index in [4.69, 9.17) is 14.2 Å². The standard InChI is InChI=1S/C76H134O6/c1-4-7-10-13-16-19-22-24-26-28-30-32-34-36-38-40-42-44-46-48-50-52-54-57-60-63-66-69-75(78)81-72-73(71-80-74(77)68-65-62-59-56-21-18-15-12-9-6-3)82-76(79)70-67-64-61-58-55-53-51-49-47-45-43-41-39-37-35-33-31-29-27-25-23-20-17-14-11-8-5-2/h12,15,22-25,28-31,34-37,73H,4-11,13-14,16-21,26-27,32-33,38-72H2,1-3H3/b15-12-,24-22-,25-23-,30-28-,31-29-,36-34-,37-35-. The monoisotopic (exact) mass is 1140 g/mol. The minimum atomic E-state index is -0.782. The maximum Gasteiger partial charge on any atom is 0.306 e. The molecule has 1 atom stereocenters. The van der Waals surface area contributed by atoms with E-state index in [0.717, 1.165) is 96.3 Å². The predicted octanol–water partition coefficient (Wildman–Crippen LogP) is 24.6. The first kappa shape index (κ1) is 78.6. The van der Waals surface area contributed by atoms with Crippen LogP contribution in [0.25, 0.3) is 0 Å². The molecule has 6 nitrogen and oxygen atoms in total. The third-order valence-electron chi connectivity index (χ3n) is 15.6. The summed E-state index contributed by atoms with van der Waals surface area (Å²) in [5.41, 5.74) is 0. The van der Waals surface area contributed by atoms with E-state index in [9.17, 15) is 14.4 Å². The lowest BCUT2D eigenvalue weighted by Gasteiger charge is -2.18. The Morgan fingerprint density at radius 2 is 0.463 bits per heavy atom. The van der Waals surface area contributed by atoms with Gasteiger partial charge in [0, 0.05) is 19.3 Å². The number of esters is 3. The van der Waals surface area contributed by atoms with Crippen LogP contribution in [-0.4, -0.2) is 37.2 Å². The number of hydrogen-bond acceptors (Lipinski definition) is 6. The van der Waals surface area contributed by atoms with Crippen molar-refractivity contribution in [3.05, 3.63) is 85.1 Å². The highest BCUT2D eigenvalue weighted by molar-refractivity contribution is 5.71. The van der Waals surface area contributed by atoms with Gasteiger partial charge >= 0.3 is 17.9 Å². The minimum absolute atomic E-state index is 0.0788. The van der Waals surface area contributed by atoms with Crippen LogP contribution in [0.3, 0.4) is 0 Å². The molecule has 0 N–H and O–H groups in total. The fourth-order valence-electron chi connectivity index (χ4n) is 10.2. The van der Waals surface area contributed by atoms with E-state index in [1.807, 2.05) is 0 Å². The molecule has 6 heteroatoms. The topological polar surface area (TPSA) is 78.9 Å². The number of unbranched alkanes of at least 4 members (excludes halogenated alkanes) is 40. The summed E-state index contributed by atoms with van der Waals surface area (Å²) in [6, 6.07) is 0. The molecule has 82 heavy (non-hydrogen) atoms. The van der Waals surface area contributed by atoms with Crippen LogP contribution in [0.1, 0.15) is 361 Å². The second-order valence-corrected chi connectivity index (χ2v) is 23.8. The van der Waals surface area contributed by atoms with Gasteiger partial charge in [0.1, 0.15) is 13.2 Å². The highest BCUT2D eigenvalue weighted by Gasteiger charge is 2.19. The lowest BCUT2D eigenvalue weighted by molar-refractivity contribution is -0.167. The number of ether oxygens (including phenoxy) is 3. The molecule has 0 aromatic heterocycles. The molecule has 0 aromatic rings. The minimum Gasteiger partial charge on any atom is -0.462 e. The Hall–Kier alpha value is -3.41. The van der Waals surface area contributed by atoms with E-state index in [0.29, 0.717) is 19.3 Å². The zero-order valence-corrected chi connectivity index (χ0v) is 54.5. The first-order valence-electron chi connectivity index (χ1n) is 35.6. The molecule has 1 unspecified atom stereocenters. The molecule has 0 aliphatic heterocycles. The summed E-state index contributed by atoms with van der Waals surface area (Å²) in [5, 5.41) is 0.